The van der Waals surface area contributed by atoms with Crippen LogP contribution in [0.4, 0.5) is 0 Å². The van der Waals surface area contributed by atoms with Crippen LogP contribution in [0.15, 0.2) is 48.5 Å². The minimum absolute atomic E-state index is 0. The molecule has 0 radical (unpaired) electrons. The quantitative estimate of drug-likeness (QED) is 0.672. The maximum Gasteiger partial charge on any atom is 1.00 e. The number of hydrogen-bond acceptors (Lipinski definition) is 3. The van der Waals surface area contributed by atoms with Crippen LogP contribution in [0.3, 0.4) is 0 Å². The van der Waals surface area contributed by atoms with Crippen molar-refractivity contribution < 1.29 is 48.1 Å². The van der Waals surface area contributed by atoms with Crippen molar-refractivity contribution in [2.24, 2.45) is 0 Å². The van der Waals surface area contributed by atoms with Gasteiger partial charge < -0.3 is 9.05 Å². The van der Waals surface area contributed by atoms with Gasteiger partial charge in [0.15, 0.2) is 0 Å². The summed E-state index contributed by atoms with van der Waals surface area (Å²) in [6.45, 7) is 3.59. The molecule has 0 aliphatic heterocycles. The van der Waals surface area contributed by atoms with Gasteiger partial charge in [-0.25, -0.2) is 4.57 Å². The standard InChI is InChI=1S/C14H15O4P.Na/c1-11-7-3-5-9-13(11)17-19(15,16)18-14-10-6-4-8-12(14)2;/h3-10H,1-2H3,(H,15,16);/q;+1. The van der Waals surface area contributed by atoms with Gasteiger partial charge in [-0.15, -0.1) is 0 Å². The van der Waals surface area contributed by atoms with Crippen LogP contribution in [0.2, 0.25) is 0 Å². The molecule has 0 aromatic heterocycles. The number of benzene rings is 2. The maximum absolute atomic E-state index is 12.0. The zero-order valence-corrected chi connectivity index (χ0v) is 14.6. The van der Waals surface area contributed by atoms with Crippen molar-refractivity contribution in [2.45, 2.75) is 13.8 Å². The molecular weight excluding hydrogens is 286 g/mol. The van der Waals surface area contributed by atoms with Gasteiger partial charge in [-0.1, -0.05) is 36.4 Å². The van der Waals surface area contributed by atoms with E-state index >= 15 is 0 Å². The Hall–Kier alpha value is -0.770. The summed E-state index contributed by atoms with van der Waals surface area (Å²) in [7, 11) is -4.19. The molecule has 0 saturated carbocycles. The van der Waals surface area contributed by atoms with Crippen molar-refractivity contribution in [1.82, 2.24) is 0 Å². The van der Waals surface area contributed by atoms with E-state index in [1.165, 1.54) is 0 Å². The first-order valence-electron chi connectivity index (χ1n) is 5.81. The Bertz CT molecular complexity index is 579. The van der Waals surface area contributed by atoms with Gasteiger partial charge in [0.25, 0.3) is 0 Å². The normalized spacial score (nSPS) is 10.6. The Kier molecular flexibility index (Phi) is 6.31. The smallest absolute Gasteiger partial charge is 0.395 e. The Labute approximate surface area is 140 Å². The van der Waals surface area contributed by atoms with E-state index < -0.39 is 7.82 Å². The topological polar surface area (TPSA) is 55.8 Å². The predicted octanol–water partition coefficient (Wildman–Crippen LogP) is 0.866. The summed E-state index contributed by atoms with van der Waals surface area (Å²) in [6, 6.07) is 14.0. The van der Waals surface area contributed by atoms with E-state index in [1.54, 1.807) is 50.2 Å². The van der Waals surface area contributed by atoms with Gasteiger partial charge in [-0.3, -0.25) is 4.89 Å². The summed E-state index contributed by atoms with van der Waals surface area (Å²) < 4.78 is 22.1. The third kappa shape index (κ3) is 4.65. The Morgan fingerprint density at radius 2 is 1.20 bits per heavy atom. The minimum Gasteiger partial charge on any atom is -0.395 e. The van der Waals surface area contributed by atoms with E-state index in [9.17, 15) is 9.46 Å². The van der Waals surface area contributed by atoms with Gasteiger partial charge in [0, 0.05) is 0 Å². The van der Waals surface area contributed by atoms with Crippen molar-refractivity contribution in [3.63, 3.8) is 0 Å². The van der Waals surface area contributed by atoms with Crippen LogP contribution >= 0.6 is 7.82 Å². The molecule has 6 heteroatoms. The number of phosphoric acid groups is 1. The maximum atomic E-state index is 12.0. The van der Waals surface area contributed by atoms with Crippen LogP contribution < -0.4 is 38.6 Å². The third-order valence-corrected chi connectivity index (χ3v) is 3.47. The second kappa shape index (κ2) is 7.30. The molecule has 0 amide bonds. The molecule has 0 aliphatic rings. The van der Waals surface area contributed by atoms with Gasteiger partial charge in [0.2, 0.25) is 0 Å². The van der Waals surface area contributed by atoms with E-state index in [-0.39, 0.29) is 29.6 Å². The monoisotopic (exact) mass is 301 g/mol. The van der Waals surface area contributed by atoms with Crippen LogP contribution in [0.5, 0.6) is 11.5 Å². The van der Waals surface area contributed by atoms with Gasteiger partial charge in [-0.2, -0.15) is 0 Å². The molecule has 0 atom stereocenters. The average molecular weight is 301 g/mol. The predicted molar refractivity (Wildman–Crippen MR) is 73.4 cm³/mol. The molecule has 2 aromatic rings. The van der Waals surface area contributed by atoms with E-state index in [4.69, 9.17) is 9.05 Å². The first-order chi connectivity index (χ1) is 8.98. The van der Waals surface area contributed by atoms with Gasteiger partial charge in [0.05, 0.1) is 0 Å². The van der Waals surface area contributed by atoms with Gasteiger partial charge >= 0.3 is 37.4 Å². The van der Waals surface area contributed by atoms with Crippen molar-refractivity contribution >= 4 is 7.82 Å². The summed E-state index contributed by atoms with van der Waals surface area (Å²) in [5.74, 6) is 0.670. The SMILES string of the molecule is Cc1ccccc1OP(=O)(O)Oc1ccccc1C.[Na+]. The molecule has 4 nitrogen and oxygen atoms in total. The summed E-state index contributed by atoms with van der Waals surface area (Å²) in [6.07, 6.45) is 0. The molecule has 0 unspecified atom stereocenters. The van der Waals surface area contributed by atoms with Crippen molar-refractivity contribution in [3.8, 4) is 11.5 Å². The van der Waals surface area contributed by atoms with Crippen LogP contribution in [0.1, 0.15) is 11.1 Å². The second-order valence-electron chi connectivity index (χ2n) is 4.18. The molecule has 0 spiro atoms. The number of aryl methyl sites for hydroxylation is 2. The van der Waals surface area contributed by atoms with E-state index in [0.29, 0.717) is 11.5 Å². The molecular formula is C14H15NaO4P+. The van der Waals surface area contributed by atoms with Crippen LogP contribution in [-0.2, 0) is 4.57 Å². The van der Waals surface area contributed by atoms with Crippen LogP contribution in [-0.4, -0.2) is 4.89 Å². The number of para-hydroxylation sites is 2. The van der Waals surface area contributed by atoms with Gasteiger partial charge in [0.1, 0.15) is 11.5 Å². The van der Waals surface area contributed by atoms with E-state index in [0.717, 1.165) is 11.1 Å². The Balaban J connectivity index is 0.00000200. The zero-order valence-electron chi connectivity index (χ0n) is 11.7. The second-order valence-corrected chi connectivity index (χ2v) is 5.48. The fraction of sp³-hybridized carbons (Fsp3) is 0.143. The molecule has 2 aromatic carbocycles. The van der Waals surface area contributed by atoms with Crippen molar-refractivity contribution in [1.29, 1.82) is 0 Å². The minimum atomic E-state index is -4.19. The summed E-state index contributed by atoms with van der Waals surface area (Å²) >= 11 is 0. The first-order valence-corrected chi connectivity index (χ1v) is 7.31. The van der Waals surface area contributed by atoms with Crippen LogP contribution in [0, 0.1) is 13.8 Å². The fourth-order valence-electron chi connectivity index (χ4n) is 1.58. The molecule has 0 bridgehead atoms. The molecule has 0 saturated heterocycles. The molecule has 0 fully saturated rings. The zero-order chi connectivity index (χ0) is 13.9. The summed E-state index contributed by atoms with van der Waals surface area (Å²) in [5.41, 5.74) is 1.54. The molecule has 0 aliphatic carbocycles. The average Bonchev–Trinajstić information content (AvgIpc) is 2.35. The first kappa shape index (κ1) is 17.3. The third-order valence-electron chi connectivity index (χ3n) is 2.61. The fourth-order valence-corrected chi connectivity index (χ4v) is 2.53. The molecule has 2 rings (SSSR count). The number of rotatable bonds is 4. The molecule has 100 valence electrons. The summed E-state index contributed by atoms with van der Waals surface area (Å²) in [5, 5.41) is 0. The Morgan fingerprint density at radius 1 is 0.850 bits per heavy atom. The molecule has 20 heavy (non-hydrogen) atoms. The molecule has 1 N–H and O–H groups in total. The summed E-state index contributed by atoms with van der Waals surface area (Å²) in [4.78, 5) is 9.78. The van der Waals surface area contributed by atoms with Crippen molar-refractivity contribution in [2.75, 3.05) is 0 Å². The number of hydrogen-bond donors (Lipinski definition) is 1. The van der Waals surface area contributed by atoms with Gasteiger partial charge in [-0.05, 0) is 37.1 Å². The molecule has 0 heterocycles. The van der Waals surface area contributed by atoms with E-state index in [2.05, 4.69) is 0 Å². The Morgan fingerprint density at radius 3 is 1.55 bits per heavy atom. The number of phosphoric ester groups is 1. The largest absolute Gasteiger partial charge is 1.00 e. The van der Waals surface area contributed by atoms with Crippen LogP contribution in [0.25, 0.3) is 0 Å². The van der Waals surface area contributed by atoms with Crippen molar-refractivity contribution in [3.05, 3.63) is 59.7 Å². The van der Waals surface area contributed by atoms with E-state index in [1.807, 2.05) is 12.1 Å².